The van der Waals surface area contributed by atoms with Crippen molar-refractivity contribution < 1.29 is 14.7 Å². The lowest BCUT2D eigenvalue weighted by Crippen LogP contribution is -2.48. The van der Waals surface area contributed by atoms with E-state index in [0.29, 0.717) is 42.8 Å². The predicted molar refractivity (Wildman–Crippen MR) is 141 cm³/mol. The number of nitrogen functional groups attached to an aromatic ring is 1. The van der Waals surface area contributed by atoms with Gasteiger partial charge in [-0.2, -0.15) is 9.61 Å². The minimum Gasteiger partial charge on any atom is -0.383 e. The Balaban J connectivity index is 1.51. The van der Waals surface area contributed by atoms with E-state index in [4.69, 9.17) is 10.7 Å². The van der Waals surface area contributed by atoms with Gasteiger partial charge >= 0.3 is 0 Å². The van der Waals surface area contributed by atoms with Crippen LogP contribution in [0.1, 0.15) is 55.6 Å². The smallest absolute Gasteiger partial charge is 0.253 e. The zero-order valence-electron chi connectivity index (χ0n) is 21.2. The number of fused-ring (bicyclic) bond motifs is 1. The Kier molecular flexibility index (Phi) is 6.25. The fraction of sp³-hybridized carbons (Fsp3) is 0.321. The van der Waals surface area contributed by atoms with Crippen molar-refractivity contribution in [1.82, 2.24) is 24.5 Å². The van der Waals surface area contributed by atoms with E-state index in [9.17, 15) is 14.7 Å². The number of Topliss-reactive ketones (excluding diaryl/α,β-unsaturated/α-hetero) is 1. The third kappa shape index (κ3) is 4.58. The van der Waals surface area contributed by atoms with Gasteiger partial charge < -0.3 is 15.7 Å². The third-order valence-electron chi connectivity index (χ3n) is 6.90. The van der Waals surface area contributed by atoms with Gasteiger partial charge in [0.15, 0.2) is 11.4 Å². The van der Waals surface area contributed by atoms with E-state index in [1.165, 1.54) is 25.3 Å². The maximum absolute atomic E-state index is 12.7. The second-order valence-electron chi connectivity index (χ2n) is 10.0. The highest BCUT2D eigenvalue weighted by atomic mass is 16.3. The van der Waals surface area contributed by atoms with Crippen molar-refractivity contribution in [1.29, 1.82) is 0 Å². The summed E-state index contributed by atoms with van der Waals surface area (Å²) >= 11 is 0. The van der Waals surface area contributed by atoms with Gasteiger partial charge in [0.2, 0.25) is 0 Å². The Bertz CT molecular complexity index is 1460. The average Bonchev–Trinajstić information content (AvgIpc) is 3.32. The van der Waals surface area contributed by atoms with E-state index in [1.807, 2.05) is 42.5 Å². The molecule has 0 spiro atoms. The van der Waals surface area contributed by atoms with Gasteiger partial charge in [0.1, 0.15) is 11.4 Å². The van der Waals surface area contributed by atoms with Crippen LogP contribution in [0.25, 0.3) is 28.0 Å². The number of rotatable bonds is 5. The average molecular weight is 499 g/mol. The van der Waals surface area contributed by atoms with Gasteiger partial charge in [0.05, 0.1) is 23.1 Å². The SMILES string of the molecule is CC(=O)c1c(C2CCN(C(=O)C(C)(C)O)CC2)nc2c(-c3ccc(-c4ccccc4)nc3)cnn2c1N. The first-order valence-electron chi connectivity index (χ1n) is 12.4. The van der Waals surface area contributed by atoms with Crippen LogP contribution in [0, 0.1) is 0 Å². The first kappa shape index (κ1) is 24.6. The first-order chi connectivity index (χ1) is 17.6. The number of anilines is 1. The number of benzene rings is 1. The molecule has 1 aliphatic rings. The lowest BCUT2D eigenvalue weighted by Gasteiger charge is -2.35. The van der Waals surface area contributed by atoms with Crippen LogP contribution in [0.2, 0.25) is 0 Å². The number of aliphatic hydroxyl groups is 1. The van der Waals surface area contributed by atoms with Crippen molar-refractivity contribution in [2.75, 3.05) is 18.8 Å². The van der Waals surface area contributed by atoms with Gasteiger partial charge in [-0.25, -0.2) is 4.98 Å². The summed E-state index contributed by atoms with van der Waals surface area (Å²) in [5, 5.41) is 14.5. The zero-order chi connectivity index (χ0) is 26.3. The van der Waals surface area contributed by atoms with Crippen LogP contribution in [0.15, 0.2) is 54.9 Å². The van der Waals surface area contributed by atoms with Crippen molar-refractivity contribution in [3.8, 4) is 22.4 Å². The molecule has 0 radical (unpaired) electrons. The molecular weight excluding hydrogens is 468 g/mol. The van der Waals surface area contributed by atoms with Crippen molar-refractivity contribution in [2.45, 2.75) is 45.1 Å². The Morgan fingerprint density at radius 2 is 1.73 bits per heavy atom. The summed E-state index contributed by atoms with van der Waals surface area (Å²) in [7, 11) is 0. The summed E-state index contributed by atoms with van der Waals surface area (Å²) in [6, 6.07) is 13.9. The molecule has 4 aromatic rings. The van der Waals surface area contributed by atoms with Crippen LogP contribution in [0.5, 0.6) is 0 Å². The second-order valence-corrected chi connectivity index (χ2v) is 10.0. The molecule has 5 rings (SSSR count). The molecule has 3 aromatic heterocycles. The van der Waals surface area contributed by atoms with E-state index in [-0.39, 0.29) is 23.4 Å². The number of piperidine rings is 1. The molecule has 1 fully saturated rings. The Morgan fingerprint density at radius 1 is 1.03 bits per heavy atom. The molecular formula is C28H30N6O3. The standard InChI is InChI=1S/C28H30N6O3/c1-17(35)23-24(19-11-13-33(14-12-19)27(36)28(2,3)37)32-26-21(16-31-34(26)25(23)29)20-9-10-22(30-15-20)18-7-5-4-6-8-18/h4-10,15-16,19,37H,11-14,29H2,1-3H3. The molecule has 0 unspecified atom stereocenters. The summed E-state index contributed by atoms with van der Waals surface area (Å²) in [5.41, 5.74) is 10.1. The molecule has 0 bridgehead atoms. The molecule has 0 aliphatic carbocycles. The molecule has 4 heterocycles. The number of amides is 1. The van der Waals surface area contributed by atoms with Crippen LogP contribution in [0.3, 0.4) is 0 Å². The quantitative estimate of drug-likeness (QED) is 0.402. The maximum Gasteiger partial charge on any atom is 0.253 e. The second kappa shape index (κ2) is 9.40. The lowest BCUT2D eigenvalue weighted by molar-refractivity contribution is -0.148. The largest absolute Gasteiger partial charge is 0.383 e. The summed E-state index contributed by atoms with van der Waals surface area (Å²) in [4.78, 5) is 36.4. The predicted octanol–water partition coefficient (Wildman–Crippen LogP) is 3.72. The highest BCUT2D eigenvalue weighted by Crippen LogP contribution is 2.35. The van der Waals surface area contributed by atoms with Crippen molar-refractivity contribution >= 4 is 23.2 Å². The molecule has 37 heavy (non-hydrogen) atoms. The van der Waals surface area contributed by atoms with Crippen molar-refractivity contribution in [3.63, 3.8) is 0 Å². The third-order valence-corrected chi connectivity index (χ3v) is 6.90. The van der Waals surface area contributed by atoms with Gasteiger partial charge in [-0.3, -0.25) is 14.6 Å². The molecule has 1 aliphatic heterocycles. The van der Waals surface area contributed by atoms with Gasteiger partial charge in [0, 0.05) is 41.9 Å². The van der Waals surface area contributed by atoms with Crippen LogP contribution in [-0.2, 0) is 4.79 Å². The number of carbonyl (C=O) groups excluding carboxylic acids is 2. The number of nitrogens with two attached hydrogens (primary N) is 1. The molecule has 0 atom stereocenters. The number of ketones is 1. The molecule has 1 amide bonds. The van der Waals surface area contributed by atoms with E-state index in [1.54, 1.807) is 17.3 Å². The van der Waals surface area contributed by atoms with Gasteiger partial charge in [0.25, 0.3) is 5.91 Å². The number of likely N-dealkylation sites (tertiary alicyclic amines) is 1. The Labute approximate surface area is 215 Å². The fourth-order valence-electron chi connectivity index (χ4n) is 4.97. The van der Waals surface area contributed by atoms with Gasteiger partial charge in [-0.05, 0) is 39.7 Å². The minimum absolute atomic E-state index is 0.0570. The summed E-state index contributed by atoms with van der Waals surface area (Å²) in [6.45, 7) is 5.40. The normalized spacial score (nSPS) is 14.8. The molecule has 190 valence electrons. The highest BCUT2D eigenvalue weighted by molar-refractivity contribution is 6.00. The highest BCUT2D eigenvalue weighted by Gasteiger charge is 2.34. The molecule has 9 heteroatoms. The lowest BCUT2D eigenvalue weighted by atomic mass is 9.89. The molecule has 1 saturated heterocycles. The molecule has 3 N–H and O–H groups in total. The van der Waals surface area contributed by atoms with Gasteiger partial charge in [-0.1, -0.05) is 36.4 Å². The Hall–Kier alpha value is -4.11. The number of hydrogen-bond acceptors (Lipinski definition) is 7. The first-order valence-corrected chi connectivity index (χ1v) is 12.4. The molecule has 0 saturated carbocycles. The van der Waals surface area contributed by atoms with E-state index in [0.717, 1.165) is 22.4 Å². The van der Waals surface area contributed by atoms with Crippen molar-refractivity contribution in [3.05, 3.63) is 66.1 Å². The van der Waals surface area contributed by atoms with Crippen LogP contribution in [-0.4, -0.2) is 60.0 Å². The topological polar surface area (TPSA) is 127 Å². The van der Waals surface area contributed by atoms with Crippen molar-refractivity contribution in [2.24, 2.45) is 0 Å². The minimum atomic E-state index is -1.42. The summed E-state index contributed by atoms with van der Waals surface area (Å²) < 4.78 is 1.51. The van der Waals surface area contributed by atoms with E-state index < -0.39 is 5.60 Å². The monoisotopic (exact) mass is 498 g/mol. The van der Waals surface area contributed by atoms with Crippen LogP contribution < -0.4 is 5.73 Å². The Morgan fingerprint density at radius 3 is 2.32 bits per heavy atom. The zero-order valence-corrected chi connectivity index (χ0v) is 21.2. The van der Waals surface area contributed by atoms with Crippen LogP contribution in [0.4, 0.5) is 5.82 Å². The number of nitrogens with zero attached hydrogens (tertiary/aromatic N) is 5. The molecule has 1 aromatic carbocycles. The summed E-state index contributed by atoms with van der Waals surface area (Å²) in [6.07, 6.45) is 4.70. The fourth-order valence-corrected chi connectivity index (χ4v) is 4.97. The van der Waals surface area contributed by atoms with E-state index in [2.05, 4.69) is 10.1 Å². The molecule has 9 nitrogen and oxygen atoms in total. The van der Waals surface area contributed by atoms with Gasteiger partial charge in [-0.15, -0.1) is 0 Å². The number of pyridine rings is 1. The maximum atomic E-state index is 12.7. The number of hydrogen-bond donors (Lipinski definition) is 2. The van der Waals surface area contributed by atoms with E-state index >= 15 is 0 Å². The van der Waals surface area contributed by atoms with Crippen LogP contribution >= 0.6 is 0 Å². The summed E-state index contributed by atoms with van der Waals surface area (Å²) in [5.74, 6) is -0.283. The number of aromatic nitrogens is 4. The number of carbonyl (C=O) groups is 2.